The van der Waals surface area contributed by atoms with Gasteiger partial charge in [-0.25, -0.2) is 0 Å². The number of rotatable bonds is 1. The molecule has 2 amide bonds. The Hall–Kier alpha value is -2.24. The highest BCUT2D eigenvalue weighted by Crippen LogP contribution is 2.38. The first-order valence-electron chi connectivity index (χ1n) is 6.54. The van der Waals surface area contributed by atoms with Gasteiger partial charge in [0.1, 0.15) is 6.04 Å². The zero-order valence-electron chi connectivity index (χ0n) is 11.4. The lowest BCUT2D eigenvalue weighted by molar-refractivity contribution is -0.121. The molecule has 1 saturated heterocycles. The van der Waals surface area contributed by atoms with Gasteiger partial charge < -0.3 is 19.6 Å². The fourth-order valence-corrected chi connectivity index (χ4v) is 2.93. The third-order valence-electron chi connectivity index (χ3n) is 4.02. The van der Waals surface area contributed by atoms with Gasteiger partial charge in [0.15, 0.2) is 11.5 Å². The molecule has 1 aromatic carbocycles. The normalized spacial score (nSPS) is 21.6. The predicted octanol–water partition coefficient (Wildman–Crippen LogP) is 0.982. The van der Waals surface area contributed by atoms with E-state index >= 15 is 0 Å². The van der Waals surface area contributed by atoms with Crippen molar-refractivity contribution in [1.29, 1.82) is 0 Å². The largest absolute Gasteiger partial charge is 0.504 e. The van der Waals surface area contributed by atoms with E-state index in [0.29, 0.717) is 24.2 Å². The van der Waals surface area contributed by atoms with E-state index in [1.54, 1.807) is 11.9 Å². The molecule has 3 rings (SSSR count). The fourth-order valence-electron chi connectivity index (χ4n) is 2.93. The van der Waals surface area contributed by atoms with Crippen LogP contribution < -0.4 is 9.64 Å². The third-order valence-corrected chi connectivity index (χ3v) is 4.02. The van der Waals surface area contributed by atoms with Crippen LogP contribution in [0.25, 0.3) is 0 Å². The van der Waals surface area contributed by atoms with Crippen LogP contribution >= 0.6 is 0 Å². The van der Waals surface area contributed by atoms with E-state index in [0.717, 1.165) is 6.42 Å². The monoisotopic (exact) mass is 276 g/mol. The van der Waals surface area contributed by atoms with Gasteiger partial charge in [0.05, 0.1) is 18.4 Å². The van der Waals surface area contributed by atoms with Gasteiger partial charge in [-0.2, -0.15) is 0 Å². The Labute approximate surface area is 116 Å². The SMILES string of the molecule is COc1cc2c(cc1O)N(C)C(=O)[C@@H]1CCCN1C2=O. The maximum absolute atomic E-state index is 12.6. The summed E-state index contributed by atoms with van der Waals surface area (Å²) in [7, 11) is 3.05. The summed E-state index contributed by atoms with van der Waals surface area (Å²) in [6.07, 6.45) is 1.52. The molecule has 1 atom stereocenters. The van der Waals surface area contributed by atoms with E-state index in [4.69, 9.17) is 4.74 Å². The molecule has 2 aliphatic rings. The number of carbonyl (C=O) groups is 2. The average molecular weight is 276 g/mol. The standard InChI is InChI=1S/C14H16N2O4/c1-15-10-7-11(17)12(20-2)6-8(10)13(18)16-5-3-4-9(16)14(15)19/h6-7,9,17H,3-5H2,1-2H3/t9-/m0/s1. The topological polar surface area (TPSA) is 70.1 Å². The van der Waals surface area contributed by atoms with Crippen molar-refractivity contribution >= 4 is 17.5 Å². The van der Waals surface area contributed by atoms with Crippen molar-refractivity contribution in [3.63, 3.8) is 0 Å². The van der Waals surface area contributed by atoms with E-state index in [1.807, 2.05) is 0 Å². The molecule has 0 aliphatic carbocycles. The van der Waals surface area contributed by atoms with Crippen molar-refractivity contribution in [2.75, 3.05) is 25.6 Å². The Balaban J connectivity index is 2.19. The number of phenolic OH excluding ortho intramolecular Hbond substituents is 1. The van der Waals surface area contributed by atoms with Crippen molar-refractivity contribution in [2.45, 2.75) is 18.9 Å². The second-order valence-electron chi connectivity index (χ2n) is 5.10. The van der Waals surface area contributed by atoms with Crippen molar-refractivity contribution < 1.29 is 19.4 Å². The Bertz CT molecular complexity index is 599. The van der Waals surface area contributed by atoms with Gasteiger partial charge in [-0.1, -0.05) is 0 Å². The summed E-state index contributed by atoms with van der Waals surface area (Å²) in [4.78, 5) is 28.1. The number of aromatic hydroxyl groups is 1. The summed E-state index contributed by atoms with van der Waals surface area (Å²) in [5, 5.41) is 9.86. The first kappa shape index (κ1) is 12.8. The first-order valence-corrected chi connectivity index (χ1v) is 6.54. The lowest BCUT2D eigenvalue weighted by Gasteiger charge is -2.22. The molecule has 0 saturated carbocycles. The molecule has 0 radical (unpaired) electrons. The predicted molar refractivity (Wildman–Crippen MR) is 72.1 cm³/mol. The van der Waals surface area contributed by atoms with Gasteiger partial charge in [0, 0.05) is 19.7 Å². The van der Waals surface area contributed by atoms with Crippen LogP contribution in [0.4, 0.5) is 5.69 Å². The van der Waals surface area contributed by atoms with Crippen LogP contribution in [0.1, 0.15) is 23.2 Å². The minimum absolute atomic E-state index is 0.0826. The Morgan fingerprint density at radius 1 is 1.35 bits per heavy atom. The van der Waals surface area contributed by atoms with Crippen molar-refractivity contribution in [3.8, 4) is 11.5 Å². The van der Waals surface area contributed by atoms with Gasteiger partial charge in [0.25, 0.3) is 5.91 Å². The minimum Gasteiger partial charge on any atom is -0.504 e. The second kappa shape index (κ2) is 4.40. The molecule has 2 heterocycles. The third kappa shape index (κ3) is 1.64. The molecule has 0 unspecified atom stereocenters. The molecule has 106 valence electrons. The molecule has 0 bridgehead atoms. The van der Waals surface area contributed by atoms with Crippen LogP contribution in [0.2, 0.25) is 0 Å². The van der Waals surface area contributed by atoms with E-state index < -0.39 is 6.04 Å². The molecular formula is C14H16N2O4. The molecule has 1 fully saturated rings. The summed E-state index contributed by atoms with van der Waals surface area (Å²) >= 11 is 0. The molecule has 2 aliphatic heterocycles. The van der Waals surface area contributed by atoms with Crippen LogP contribution in [-0.4, -0.2) is 48.6 Å². The molecular weight excluding hydrogens is 260 g/mol. The number of amides is 2. The number of fused-ring (bicyclic) bond motifs is 2. The zero-order valence-corrected chi connectivity index (χ0v) is 11.4. The summed E-state index contributed by atoms with van der Waals surface area (Å²) in [6, 6.07) is 2.51. The van der Waals surface area contributed by atoms with Gasteiger partial charge in [-0.05, 0) is 18.9 Å². The minimum atomic E-state index is -0.395. The zero-order chi connectivity index (χ0) is 14.4. The lowest BCUT2D eigenvalue weighted by atomic mass is 10.1. The highest BCUT2D eigenvalue weighted by Gasteiger charge is 2.41. The number of likely N-dealkylation sites (N-methyl/N-ethyl adjacent to an activating group) is 1. The number of hydrogen-bond acceptors (Lipinski definition) is 4. The van der Waals surface area contributed by atoms with Crippen molar-refractivity contribution in [3.05, 3.63) is 17.7 Å². The fraction of sp³-hybridized carbons (Fsp3) is 0.429. The Morgan fingerprint density at radius 3 is 2.80 bits per heavy atom. The Kier molecular flexibility index (Phi) is 2.81. The van der Waals surface area contributed by atoms with Crippen LogP contribution in [0.5, 0.6) is 11.5 Å². The van der Waals surface area contributed by atoms with Gasteiger partial charge in [-0.15, -0.1) is 0 Å². The van der Waals surface area contributed by atoms with E-state index in [2.05, 4.69) is 0 Å². The first-order chi connectivity index (χ1) is 9.54. The number of anilines is 1. The molecule has 1 aromatic rings. The Morgan fingerprint density at radius 2 is 2.10 bits per heavy atom. The number of carbonyl (C=O) groups excluding carboxylic acids is 2. The van der Waals surface area contributed by atoms with Crippen LogP contribution in [-0.2, 0) is 4.79 Å². The molecule has 0 aromatic heterocycles. The summed E-state index contributed by atoms with van der Waals surface area (Å²) in [6.45, 7) is 0.589. The maximum atomic E-state index is 12.6. The highest BCUT2D eigenvalue weighted by molar-refractivity contribution is 6.11. The molecule has 20 heavy (non-hydrogen) atoms. The summed E-state index contributed by atoms with van der Waals surface area (Å²) in [5.41, 5.74) is 0.813. The van der Waals surface area contributed by atoms with E-state index in [1.165, 1.54) is 24.1 Å². The van der Waals surface area contributed by atoms with Crippen LogP contribution in [0.15, 0.2) is 12.1 Å². The van der Waals surface area contributed by atoms with E-state index in [-0.39, 0.29) is 23.3 Å². The van der Waals surface area contributed by atoms with Crippen molar-refractivity contribution in [1.82, 2.24) is 4.90 Å². The summed E-state index contributed by atoms with van der Waals surface area (Å²) < 4.78 is 5.05. The lowest BCUT2D eigenvalue weighted by Crippen LogP contribution is -2.43. The maximum Gasteiger partial charge on any atom is 0.256 e. The number of ether oxygens (including phenoxy) is 1. The smallest absolute Gasteiger partial charge is 0.256 e. The quantitative estimate of drug-likeness (QED) is 0.830. The number of hydrogen-bond donors (Lipinski definition) is 1. The van der Waals surface area contributed by atoms with Crippen LogP contribution in [0, 0.1) is 0 Å². The van der Waals surface area contributed by atoms with Crippen LogP contribution in [0.3, 0.4) is 0 Å². The summed E-state index contributed by atoms with van der Waals surface area (Å²) in [5.74, 6) is -0.144. The molecule has 6 heteroatoms. The van der Waals surface area contributed by atoms with Crippen molar-refractivity contribution in [2.24, 2.45) is 0 Å². The highest BCUT2D eigenvalue weighted by atomic mass is 16.5. The number of methoxy groups -OCH3 is 1. The van der Waals surface area contributed by atoms with Gasteiger partial charge in [-0.3, -0.25) is 9.59 Å². The average Bonchev–Trinajstić information content (AvgIpc) is 2.91. The number of benzene rings is 1. The van der Waals surface area contributed by atoms with Gasteiger partial charge >= 0.3 is 0 Å². The molecule has 6 nitrogen and oxygen atoms in total. The second-order valence-corrected chi connectivity index (χ2v) is 5.10. The number of phenols is 1. The van der Waals surface area contributed by atoms with Gasteiger partial charge in [0.2, 0.25) is 5.91 Å². The molecule has 0 spiro atoms. The number of nitrogens with zero attached hydrogens (tertiary/aromatic N) is 2. The molecule has 1 N–H and O–H groups in total. The van der Waals surface area contributed by atoms with E-state index in [9.17, 15) is 14.7 Å².